The zero-order valence-corrected chi connectivity index (χ0v) is 19.8. The molecule has 1 N–H and O–H groups in total. The summed E-state index contributed by atoms with van der Waals surface area (Å²) in [7, 11) is 0. The van der Waals surface area contributed by atoms with Crippen molar-refractivity contribution in [2.24, 2.45) is 41.4 Å². The number of rotatable bonds is 5. The average molecular weight is 384 g/mol. The predicted octanol–water partition coefficient (Wildman–Crippen LogP) is 5.82. The molecule has 3 rings (SSSR count). The highest BCUT2D eigenvalue weighted by atomic mass is 16.5. The van der Waals surface area contributed by atoms with Crippen molar-refractivity contribution in [1.82, 2.24) is 5.32 Å². The van der Waals surface area contributed by atoms with E-state index in [1.165, 1.54) is 25.9 Å². The fourth-order valence-corrected chi connectivity index (χ4v) is 2.76. The van der Waals surface area contributed by atoms with E-state index in [9.17, 15) is 4.79 Å². The molecule has 0 unspecified atom stereocenters. The Bertz CT molecular complexity index is 347. The maximum atomic E-state index is 10.3. The SMILES string of the molecule is CC(=O)CC(C)C.CC(C)C1CC1.CC(C)C1CNC1.CC(C)C1COC1. The number of hydrogen-bond donors (Lipinski definition) is 1. The molecular formula is C24H49NO2. The standard InChI is InChI=1S/C6H13N.2C6H12O.C6H12/c2*1-5(2)6-3-7-4-6;1-5(2)4-6(3)7;1-5(2)6-3-4-6/h5-7H,3-4H2,1-2H3;5-6H,3-4H2,1-2H3;5H,4H2,1-3H3;5-6H,3-4H2,1-2H3. The van der Waals surface area contributed by atoms with Crippen LogP contribution in [0.15, 0.2) is 0 Å². The fraction of sp³-hybridized carbons (Fsp3) is 0.958. The van der Waals surface area contributed by atoms with E-state index in [-0.39, 0.29) is 5.78 Å². The minimum Gasteiger partial charge on any atom is -0.381 e. The van der Waals surface area contributed by atoms with Crippen LogP contribution < -0.4 is 5.32 Å². The topological polar surface area (TPSA) is 38.3 Å². The molecule has 1 aliphatic carbocycles. The average Bonchev–Trinajstić information content (AvgIpc) is 3.16. The van der Waals surface area contributed by atoms with Gasteiger partial charge in [0.2, 0.25) is 0 Å². The van der Waals surface area contributed by atoms with Crippen molar-refractivity contribution >= 4 is 5.78 Å². The van der Waals surface area contributed by atoms with E-state index < -0.39 is 0 Å². The molecule has 2 saturated heterocycles. The summed E-state index contributed by atoms with van der Waals surface area (Å²) in [6, 6.07) is 0. The van der Waals surface area contributed by atoms with Crippen LogP contribution in [0.25, 0.3) is 0 Å². The Morgan fingerprint density at radius 3 is 1.26 bits per heavy atom. The Hall–Kier alpha value is -0.410. The number of carbonyl (C=O) groups is 1. The van der Waals surface area contributed by atoms with Gasteiger partial charge >= 0.3 is 0 Å². The highest BCUT2D eigenvalue weighted by Gasteiger charge is 2.24. The maximum absolute atomic E-state index is 10.3. The molecule has 0 aromatic rings. The van der Waals surface area contributed by atoms with Crippen LogP contribution in [0, 0.1) is 41.4 Å². The second-order valence-electron chi connectivity index (χ2n) is 10.1. The summed E-state index contributed by atoms with van der Waals surface area (Å²) in [6.45, 7) is 23.9. The van der Waals surface area contributed by atoms with E-state index in [2.05, 4.69) is 46.9 Å². The zero-order valence-electron chi connectivity index (χ0n) is 19.8. The summed E-state index contributed by atoms with van der Waals surface area (Å²) in [6.07, 6.45) is 3.72. The molecule has 0 amide bonds. The van der Waals surface area contributed by atoms with Crippen LogP contribution in [0.1, 0.15) is 81.6 Å². The Kier molecular flexibility index (Phi) is 14.3. The van der Waals surface area contributed by atoms with E-state index >= 15 is 0 Å². The van der Waals surface area contributed by atoms with Crippen LogP contribution in [0.5, 0.6) is 0 Å². The first-order chi connectivity index (χ1) is 12.5. The molecule has 0 radical (unpaired) electrons. The molecule has 162 valence electrons. The lowest BCUT2D eigenvalue weighted by Gasteiger charge is -2.30. The molecule has 0 aromatic heterocycles. The summed E-state index contributed by atoms with van der Waals surface area (Å²) in [5.41, 5.74) is 0. The summed E-state index contributed by atoms with van der Waals surface area (Å²) in [5, 5.41) is 3.24. The molecule has 3 aliphatic rings. The van der Waals surface area contributed by atoms with Crippen LogP contribution in [-0.4, -0.2) is 32.1 Å². The predicted molar refractivity (Wildman–Crippen MR) is 118 cm³/mol. The molecule has 1 saturated carbocycles. The van der Waals surface area contributed by atoms with Crippen LogP contribution in [0.4, 0.5) is 0 Å². The van der Waals surface area contributed by atoms with Crippen molar-refractivity contribution in [3.8, 4) is 0 Å². The number of carbonyl (C=O) groups excluding carboxylic acids is 1. The normalized spacial score (nSPS) is 19.3. The van der Waals surface area contributed by atoms with Gasteiger partial charge in [-0.05, 0) is 68.4 Å². The van der Waals surface area contributed by atoms with Gasteiger partial charge in [0.05, 0.1) is 13.2 Å². The summed E-state index contributed by atoms with van der Waals surface area (Å²) >= 11 is 0. The van der Waals surface area contributed by atoms with Crippen molar-refractivity contribution in [2.45, 2.75) is 81.6 Å². The van der Waals surface area contributed by atoms with E-state index in [1.807, 2.05) is 13.8 Å². The monoisotopic (exact) mass is 383 g/mol. The molecule has 2 aliphatic heterocycles. The van der Waals surface area contributed by atoms with Crippen molar-refractivity contribution in [3.63, 3.8) is 0 Å². The van der Waals surface area contributed by atoms with Gasteiger partial charge < -0.3 is 14.8 Å². The van der Waals surface area contributed by atoms with E-state index in [4.69, 9.17) is 4.74 Å². The van der Waals surface area contributed by atoms with Gasteiger partial charge in [0, 0.05) is 12.3 Å². The van der Waals surface area contributed by atoms with Gasteiger partial charge in [-0.25, -0.2) is 0 Å². The molecular weight excluding hydrogens is 334 g/mol. The number of hydrogen-bond acceptors (Lipinski definition) is 3. The van der Waals surface area contributed by atoms with Gasteiger partial charge in [0.25, 0.3) is 0 Å². The lowest BCUT2D eigenvalue weighted by molar-refractivity contribution is -0.117. The van der Waals surface area contributed by atoms with E-state index in [1.54, 1.807) is 6.92 Å². The molecule has 3 nitrogen and oxygen atoms in total. The molecule has 0 aromatic carbocycles. The number of nitrogens with one attached hydrogen (secondary N) is 1. The lowest BCUT2D eigenvalue weighted by atomic mass is 9.91. The second-order valence-corrected chi connectivity index (χ2v) is 10.1. The number of Topliss-reactive ketones (excluding diaryl/α,β-unsaturated/α-hetero) is 1. The quantitative estimate of drug-likeness (QED) is 0.649. The van der Waals surface area contributed by atoms with Gasteiger partial charge in [-0.1, -0.05) is 55.4 Å². The minimum absolute atomic E-state index is 0.287. The minimum atomic E-state index is 0.287. The summed E-state index contributed by atoms with van der Waals surface area (Å²) in [5.74, 6) is 6.43. The third-order valence-electron chi connectivity index (χ3n) is 5.62. The Labute approximate surface area is 170 Å². The fourth-order valence-electron chi connectivity index (χ4n) is 2.76. The van der Waals surface area contributed by atoms with Crippen LogP contribution in [0.2, 0.25) is 0 Å². The van der Waals surface area contributed by atoms with E-state index in [0.717, 1.165) is 55.1 Å². The molecule has 3 fully saturated rings. The van der Waals surface area contributed by atoms with E-state index in [0.29, 0.717) is 5.92 Å². The Balaban J connectivity index is 0.000000334. The first-order valence-electron chi connectivity index (χ1n) is 11.3. The summed E-state index contributed by atoms with van der Waals surface area (Å²) in [4.78, 5) is 10.3. The van der Waals surface area contributed by atoms with Crippen molar-refractivity contribution in [1.29, 1.82) is 0 Å². The van der Waals surface area contributed by atoms with Gasteiger partial charge in [0.15, 0.2) is 0 Å². The van der Waals surface area contributed by atoms with Crippen LogP contribution in [0.3, 0.4) is 0 Å². The number of ether oxygens (including phenoxy) is 1. The van der Waals surface area contributed by atoms with Crippen molar-refractivity contribution in [2.75, 3.05) is 26.3 Å². The molecule has 3 heteroatoms. The molecule has 0 spiro atoms. The molecule has 27 heavy (non-hydrogen) atoms. The van der Waals surface area contributed by atoms with Crippen LogP contribution in [-0.2, 0) is 9.53 Å². The highest BCUT2D eigenvalue weighted by Crippen LogP contribution is 2.35. The van der Waals surface area contributed by atoms with Gasteiger partial charge in [-0.15, -0.1) is 0 Å². The van der Waals surface area contributed by atoms with Gasteiger partial charge in [0.1, 0.15) is 5.78 Å². The van der Waals surface area contributed by atoms with Gasteiger partial charge in [-0.2, -0.15) is 0 Å². The number of ketones is 1. The van der Waals surface area contributed by atoms with Crippen LogP contribution >= 0.6 is 0 Å². The second kappa shape index (κ2) is 14.6. The maximum Gasteiger partial charge on any atom is 0.130 e. The highest BCUT2D eigenvalue weighted by molar-refractivity contribution is 5.75. The van der Waals surface area contributed by atoms with Crippen molar-refractivity contribution < 1.29 is 9.53 Å². The smallest absolute Gasteiger partial charge is 0.130 e. The Morgan fingerprint density at radius 2 is 1.26 bits per heavy atom. The first-order valence-corrected chi connectivity index (χ1v) is 11.3. The molecule has 2 heterocycles. The third kappa shape index (κ3) is 15.2. The largest absolute Gasteiger partial charge is 0.381 e. The first kappa shape index (κ1) is 26.6. The molecule has 0 bridgehead atoms. The third-order valence-corrected chi connectivity index (χ3v) is 5.62. The summed E-state index contributed by atoms with van der Waals surface area (Å²) < 4.78 is 5.00. The van der Waals surface area contributed by atoms with Gasteiger partial charge in [-0.3, -0.25) is 0 Å². The van der Waals surface area contributed by atoms with Crippen molar-refractivity contribution in [3.05, 3.63) is 0 Å². The lowest BCUT2D eigenvalue weighted by Crippen LogP contribution is -2.44. The zero-order chi connectivity index (χ0) is 21.0. The Morgan fingerprint density at radius 1 is 0.815 bits per heavy atom. The molecule has 0 atom stereocenters.